The van der Waals surface area contributed by atoms with Gasteiger partial charge in [0.15, 0.2) is 0 Å². The summed E-state index contributed by atoms with van der Waals surface area (Å²) in [5, 5.41) is 9.49. The van der Waals surface area contributed by atoms with E-state index >= 15 is 0 Å². The van der Waals surface area contributed by atoms with Crippen molar-refractivity contribution in [1.29, 1.82) is 5.26 Å². The lowest BCUT2D eigenvalue weighted by atomic mass is 9.45. The van der Waals surface area contributed by atoms with Crippen LogP contribution in [0.25, 0.3) is 0 Å². The molecule has 0 aromatic carbocycles. The molecular formula is C20H29N. The average Bonchev–Trinajstić information content (AvgIpc) is 2.83. The van der Waals surface area contributed by atoms with Crippen LogP contribution in [0.4, 0.5) is 0 Å². The Morgan fingerprint density at radius 1 is 1.05 bits per heavy atom. The molecule has 0 aliphatic heterocycles. The van der Waals surface area contributed by atoms with Crippen molar-refractivity contribution in [3.63, 3.8) is 0 Å². The Morgan fingerprint density at radius 2 is 1.90 bits per heavy atom. The van der Waals surface area contributed by atoms with Gasteiger partial charge in [0.05, 0.1) is 6.07 Å². The second-order valence-corrected chi connectivity index (χ2v) is 8.82. The first-order chi connectivity index (χ1) is 10.1. The van der Waals surface area contributed by atoms with Crippen LogP contribution in [-0.4, -0.2) is 0 Å². The summed E-state index contributed by atoms with van der Waals surface area (Å²) in [5.74, 6) is 3.61. The van der Waals surface area contributed by atoms with Crippen molar-refractivity contribution in [2.45, 2.75) is 71.6 Å². The van der Waals surface area contributed by atoms with Crippen LogP contribution < -0.4 is 0 Å². The molecule has 1 unspecified atom stereocenters. The fourth-order valence-electron chi connectivity index (χ4n) is 7.04. The van der Waals surface area contributed by atoms with E-state index < -0.39 is 0 Å². The molecule has 0 radical (unpaired) electrons. The van der Waals surface area contributed by atoms with E-state index in [-0.39, 0.29) is 5.41 Å². The van der Waals surface area contributed by atoms with E-state index in [9.17, 15) is 5.26 Å². The van der Waals surface area contributed by atoms with Crippen molar-refractivity contribution in [3.05, 3.63) is 11.6 Å². The molecule has 0 N–H and O–H groups in total. The molecule has 1 nitrogen and oxygen atoms in total. The molecule has 3 saturated carbocycles. The Labute approximate surface area is 129 Å². The molecule has 0 aromatic rings. The van der Waals surface area contributed by atoms with Crippen molar-refractivity contribution in [3.8, 4) is 6.07 Å². The van der Waals surface area contributed by atoms with Gasteiger partial charge in [0.2, 0.25) is 0 Å². The maximum absolute atomic E-state index is 9.49. The molecule has 0 bridgehead atoms. The number of rotatable bonds is 0. The molecule has 6 atom stereocenters. The molecule has 0 amide bonds. The summed E-state index contributed by atoms with van der Waals surface area (Å²) in [4.78, 5) is 0. The van der Waals surface area contributed by atoms with Gasteiger partial charge in [-0.3, -0.25) is 0 Å². The number of allylic oxidation sites excluding steroid dienone is 2. The van der Waals surface area contributed by atoms with E-state index in [1.165, 1.54) is 57.8 Å². The minimum absolute atomic E-state index is 0.216. The first-order valence-electron chi connectivity index (χ1n) is 9.20. The zero-order chi connectivity index (χ0) is 14.7. The monoisotopic (exact) mass is 283 g/mol. The molecule has 0 spiro atoms. The van der Waals surface area contributed by atoms with Crippen LogP contribution in [0.2, 0.25) is 0 Å². The van der Waals surface area contributed by atoms with Gasteiger partial charge in [-0.1, -0.05) is 32.8 Å². The van der Waals surface area contributed by atoms with E-state index in [0.717, 1.165) is 29.2 Å². The molecule has 0 aromatic heterocycles. The van der Waals surface area contributed by atoms with E-state index in [1.807, 2.05) is 0 Å². The van der Waals surface area contributed by atoms with Gasteiger partial charge in [0, 0.05) is 11.0 Å². The van der Waals surface area contributed by atoms with Crippen molar-refractivity contribution >= 4 is 0 Å². The number of hydrogen-bond acceptors (Lipinski definition) is 1. The Bertz CT molecular complexity index is 512. The van der Waals surface area contributed by atoms with Crippen LogP contribution in [0.5, 0.6) is 0 Å². The van der Waals surface area contributed by atoms with Gasteiger partial charge in [0.1, 0.15) is 0 Å². The molecule has 3 fully saturated rings. The first-order valence-corrected chi connectivity index (χ1v) is 9.20. The van der Waals surface area contributed by atoms with Crippen molar-refractivity contribution < 1.29 is 0 Å². The molecule has 4 aliphatic carbocycles. The van der Waals surface area contributed by atoms with Crippen LogP contribution in [0.3, 0.4) is 0 Å². The largest absolute Gasteiger partial charge is 0.193 e. The lowest BCUT2D eigenvalue weighted by Gasteiger charge is -2.60. The second-order valence-electron chi connectivity index (χ2n) is 8.82. The van der Waals surface area contributed by atoms with Crippen LogP contribution in [0.15, 0.2) is 11.6 Å². The highest BCUT2D eigenvalue weighted by atomic mass is 14.6. The Balaban J connectivity index is 1.65. The minimum atomic E-state index is 0.216. The van der Waals surface area contributed by atoms with E-state index in [0.29, 0.717) is 5.41 Å². The summed E-state index contributed by atoms with van der Waals surface area (Å²) in [6.07, 6.45) is 14.9. The molecule has 114 valence electrons. The SMILES string of the molecule is C[C@]12CCCCC1CC[C@@H]1[C@@H]2CC[C@]2(C)C(C#N)=CC[C@@H]12. The topological polar surface area (TPSA) is 23.8 Å². The molecule has 21 heavy (non-hydrogen) atoms. The predicted molar refractivity (Wildman–Crippen MR) is 85.4 cm³/mol. The van der Waals surface area contributed by atoms with Crippen molar-refractivity contribution in [1.82, 2.24) is 0 Å². The van der Waals surface area contributed by atoms with Crippen LogP contribution in [0.1, 0.15) is 71.6 Å². The molecule has 0 saturated heterocycles. The lowest BCUT2D eigenvalue weighted by molar-refractivity contribution is -0.0981. The fourth-order valence-corrected chi connectivity index (χ4v) is 7.04. The summed E-state index contributed by atoms with van der Waals surface area (Å²) < 4.78 is 0. The Morgan fingerprint density at radius 3 is 2.71 bits per heavy atom. The molecule has 4 aliphatic rings. The van der Waals surface area contributed by atoms with E-state index in [1.54, 1.807) is 0 Å². The third-order valence-corrected chi connectivity index (χ3v) is 8.28. The maximum Gasteiger partial charge on any atom is 0.0949 e. The highest BCUT2D eigenvalue weighted by Crippen LogP contribution is 2.66. The van der Waals surface area contributed by atoms with Gasteiger partial charge in [-0.25, -0.2) is 0 Å². The smallest absolute Gasteiger partial charge is 0.0949 e. The zero-order valence-corrected chi connectivity index (χ0v) is 13.7. The van der Waals surface area contributed by atoms with Crippen LogP contribution in [0, 0.1) is 45.8 Å². The summed E-state index contributed by atoms with van der Waals surface area (Å²) >= 11 is 0. The first kappa shape index (κ1) is 13.9. The fraction of sp³-hybridized carbons (Fsp3) is 0.850. The van der Waals surface area contributed by atoms with Crippen molar-refractivity contribution in [2.24, 2.45) is 34.5 Å². The summed E-state index contributed by atoms with van der Waals surface area (Å²) in [7, 11) is 0. The van der Waals surface area contributed by atoms with Gasteiger partial charge in [-0.05, 0) is 74.0 Å². The molecule has 4 rings (SSSR count). The summed E-state index contributed by atoms with van der Waals surface area (Å²) in [6, 6.07) is 2.53. The normalized spacial score (nSPS) is 52.1. The van der Waals surface area contributed by atoms with Gasteiger partial charge in [-0.15, -0.1) is 0 Å². The minimum Gasteiger partial charge on any atom is -0.193 e. The van der Waals surface area contributed by atoms with Crippen molar-refractivity contribution in [2.75, 3.05) is 0 Å². The lowest BCUT2D eigenvalue weighted by Crippen LogP contribution is -2.52. The zero-order valence-electron chi connectivity index (χ0n) is 13.7. The number of fused-ring (bicyclic) bond motifs is 5. The Hall–Kier alpha value is -0.770. The third kappa shape index (κ3) is 1.74. The molecule has 0 heterocycles. The van der Waals surface area contributed by atoms with E-state index in [2.05, 4.69) is 26.0 Å². The van der Waals surface area contributed by atoms with Gasteiger partial charge in [0.25, 0.3) is 0 Å². The quantitative estimate of drug-likeness (QED) is 0.577. The standard InChI is InChI=1S/C20H29N/c1-19-11-4-3-5-14(19)6-8-16-17-9-7-15(13-21)20(17,2)12-10-18(16)19/h7,14,16-18H,3-6,8-12H2,1-2H3/t14?,16-,17-,18-,19-,20+/m0/s1. The van der Waals surface area contributed by atoms with Crippen LogP contribution >= 0.6 is 0 Å². The predicted octanol–water partition coefficient (Wildman–Crippen LogP) is 5.48. The van der Waals surface area contributed by atoms with Gasteiger partial charge < -0.3 is 0 Å². The maximum atomic E-state index is 9.49. The van der Waals surface area contributed by atoms with Gasteiger partial charge in [-0.2, -0.15) is 5.26 Å². The average molecular weight is 283 g/mol. The molecular weight excluding hydrogens is 254 g/mol. The van der Waals surface area contributed by atoms with Crippen LogP contribution in [-0.2, 0) is 0 Å². The van der Waals surface area contributed by atoms with Gasteiger partial charge >= 0.3 is 0 Å². The number of nitriles is 1. The highest BCUT2D eigenvalue weighted by molar-refractivity contribution is 5.35. The highest BCUT2D eigenvalue weighted by Gasteiger charge is 2.57. The third-order valence-electron chi connectivity index (χ3n) is 8.28. The number of hydrogen-bond donors (Lipinski definition) is 0. The number of nitrogens with zero attached hydrogens (tertiary/aromatic N) is 1. The summed E-state index contributed by atoms with van der Waals surface area (Å²) in [6.45, 7) is 5.02. The Kier molecular flexibility index (Phi) is 3.04. The molecule has 1 heteroatoms. The second kappa shape index (κ2) is 4.61. The summed E-state index contributed by atoms with van der Waals surface area (Å²) in [5.41, 5.74) is 1.95. The van der Waals surface area contributed by atoms with E-state index in [4.69, 9.17) is 0 Å².